The predicted molar refractivity (Wildman–Crippen MR) is 135 cm³/mol. The lowest BCUT2D eigenvalue weighted by Crippen LogP contribution is -2.44. The molecule has 0 aliphatic carbocycles. The molecule has 3 aromatic rings. The molecule has 0 saturated heterocycles. The molecule has 0 saturated carbocycles. The van der Waals surface area contributed by atoms with Crippen LogP contribution in [0.15, 0.2) is 83.9 Å². The molecule has 0 spiro atoms. The summed E-state index contributed by atoms with van der Waals surface area (Å²) in [6, 6.07) is 22.5. The summed E-state index contributed by atoms with van der Waals surface area (Å²) in [5, 5.41) is 7.51. The minimum Gasteiger partial charge on any atom is -0.457 e. The number of amides is 3. The van der Waals surface area contributed by atoms with Gasteiger partial charge in [-0.3, -0.25) is 15.4 Å². The largest absolute Gasteiger partial charge is 0.457 e. The van der Waals surface area contributed by atoms with Crippen molar-refractivity contribution in [2.24, 2.45) is 4.99 Å². The fourth-order valence-corrected chi connectivity index (χ4v) is 2.92. The zero-order chi connectivity index (χ0) is 25.8. The highest BCUT2D eigenvalue weighted by molar-refractivity contribution is 6.07. The Hall–Kier alpha value is -4.86. The minimum atomic E-state index is -0.827. The smallest absolute Gasteiger partial charge is 0.413 e. The molecule has 10 nitrogen and oxygen atoms in total. The number of guanidine groups is 1. The lowest BCUT2D eigenvalue weighted by Gasteiger charge is -2.14. The maximum absolute atomic E-state index is 12.9. The van der Waals surface area contributed by atoms with Crippen LogP contribution in [-0.4, -0.2) is 37.3 Å². The highest BCUT2D eigenvalue weighted by Gasteiger charge is 2.15. The summed E-state index contributed by atoms with van der Waals surface area (Å²) >= 11 is 0. The van der Waals surface area contributed by atoms with Gasteiger partial charge in [0, 0.05) is 11.6 Å². The Balaban J connectivity index is 1.97. The van der Waals surface area contributed by atoms with Crippen molar-refractivity contribution in [3.05, 3.63) is 84.4 Å². The van der Waals surface area contributed by atoms with Crippen molar-refractivity contribution in [2.75, 3.05) is 18.5 Å². The van der Waals surface area contributed by atoms with E-state index in [-0.39, 0.29) is 36.5 Å². The summed E-state index contributed by atoms with van der Waals surface area (Å²) in [7, 11) is 0. The molecular formula is C26H26N4O6. The van der Waals surface area contributed by atoms with E-state index in [1.807, 2.05) is 18.2 Å². The second-order valence-corrected chi connectivity index (χ2v) is 7.07. The van der Waals surface area contributed by atoms with Crippen LogP contribution >= 0.6 is 0 Å². The van der Waals surface area contributed by atoms with Crippen molar-refractivity contribution in [3.8, 4) is 11.5 Å². The van der Waals surface area contributed by atoms with Gasteiger partial charge < -0.3 is 19.5 Å². The normalized spacial score (nSPS) is 9.94. The summed E-state index contributed by atoms with van der Waals surface area (Å²) in [4.78, 5) is 41.2. The first kappa shape index (κ1) is 25.8. The molecule has 0 aliphatic rings. The van der Waals surface area contributed by atoms with Gasteiger partial charge in [-0.15, -0.1) is 0 Å². The molecule has 0 bridgehead atoms. The van der Waals surface area contributed by atoms with Crippen LogP contribution in [0.3, 0.4) is 0 Å². The van der Waals surface area contributed by atoms with E-state index < -0.39 is 12.2 Å². The molecule has 10 heteroatoms. The number of alkyl carbamates (subject to hydrolysis) is 2. The number of aliphatic imine (C=N–C) groups is 1. The summed E-state index contributed by atoms with van der Waals surface area (Å²) in [5.41, 5.74) is 0.922. The van der Waals surface area contributed by atoms with Crippen LogP contribution in [0, 0.1) is 0 Å². The van der Waals surface area contributed by atoms with Crippen LogP contribution < -0.4 is 20.7 Å². The van der Waals surface area contributed by atoms with Crippen LogP contribution in [0.25, 0.3) is 0 Å². The Bertz CT molecular complexity index is 1190. The third-order valence-corrected chi connectivity index (χ3v) is 4.46. The molecule has 0 aromatic heterocycles. The van der Waals surface area contributed by atoms with Crippen molar-refractivity contribution >= 4 is 35.4 Å². The van der Waals surface area contributed by atoms with Crippen molar-refractivity contribution in [2.45, 2.75) is 13.8 Å². The number of ether oxygens (including phenoxy) is 3. The van der Waals surface area contributed by atoms with E-state index in [0.717, 1.165) is 0 Å². The SMILES string of the molecule is CCOC(=O)NC(=Nc1ccc(Oc2ccccc2)cc1NC(=O)c1ccccc1)NC(=O)OCC. The van der Waals surface area contributed by atoms with Crippen LogP contribution in [0.1, 0.15) is 24.2 Å². The number of hydrogen-bond acceptors (Lipinski definition) is 7. The molecule has 36 heavy (non-hydrogen) atoms. The number of rotatable bonds is 7. The number of nitrogens with zero attached hydrogens (tertiary/aromatic N) is 1. The van der Waals surface area contributed by atoms with Crippen LogP contribution in [0.4, 0.5) is 21.0 Å². The zero-order valence-electron chi connectivity index (χ0n) is 19.8. The van der Waals surface area contributed by atoms with Gasteiger partial charge in [-0.1, -0.05) is 36.4 Å². The minimum absolute atomic E-state index is 0.114. The number of carbonyl (C=O) groups is 3. The molecule has 0 radical (unpaired) electrons. The maximum Gasteiger partial charge on any atom is 0.413 e. The van der Waals surface area contributed by atoms with Crippen LogP contribution in [0.5, 0.6) is 11.5 Å². The van der Waals surface area contributed by atoms with Gasteiger partial charge >= 0.3 is 12.2 Å². The van der Waals surface area contributed by atoms with Crippen molar-refractivity contribution in [1.82, 2.24) is 10.6 Å². The highest BCUT2D eigenvalue weighted by Crippen LogP contribution is 2.32. The molecule has 0 atom stereocenters. The molecule has 0 fully saturated rings. The van der Waals surface area contributed by atoms with Gasteiger partial charge in [-0.05, 0) is 50.2 Å². The standard InChI is InChI=1S/C26H26N4O6/c1-3-34-25(32)29-24(30-26(33)35-4-2)28-21-16-15-20(36-19-13-9-6-10-14-19)17-22(21)27-23(31)18-11-7-5-8-12-18/h5-17H,3-4H2,1-2H3,(H,27,31)(H2,28,29,30,32,33). The zero-order valence-corrected chi connectivity index (χ0v) is 19.8. The van der Waals surface area contributed by atoms with Crippen LogP contribution in [0.2, 0.25) is 0 Å². The Labute approximate surface area is 208 Å². The summed E-state index contributed by atoms with van der Waals surface area (Å²) in [6.45, 7) is 3.50. The topological polar surface area (TPSA) is 127 Å². The first-order chi connectivity index (χ1) is 17.5. The van der Waals surface area contributed by atoms with Gasteiger partial charge in [0.1, 0.15) is 11.5 Å². The summed E-state index contributed by atoms with van der Waals surface area (Å²) < 4.78 is 15.6. The van der Waals surface area contributed by atoms with Gasteiger partial charge in [-0.2, -0.15) is 0 Å². The lowest BCUT2D eigenvalue weighted by molar-refractivity contribution is 0.102. The molecule has 3 aromatic carbocycles. The summed E-state index contributed by atoms with van der Waals surface area (Å²) in [5.74, 6) is 0.394. The van der Waals surface area contributed by atoms with E-state index in [4.69, 9.17) is 14.2 Å². The van der Waals surface area contributed by atoms with Gasteiger partial charge in [0.15, 0.2) is 0 Å². The van der Waals surface area contributed by atoms with Crippen molar-refractivity contribution in [3.63, 3.8) is 0 Å². The van der Waals surface area contributed by atoms with E-state index in [0.29, 0.717) is 17.1 Å². The predicted octanol–water partition coefficient (Wildman–Crippen LogP) is 5.21. The molecule has 3 amide bonds. The van der Waals surface area contributed by atoms with Gasteiger partial charge in [0.2, 0.25) is 5.96 Å². The lowest BCUT2D eigenvalue weighted by atomic mass is 10.2. The average Bonchev–Trinajstić information content (AvgIpc) is 2.87. The van der Waals surface area contributed by atoms with E-state index in [2.05, 4.69) is 20.9 Å². The Morgan fingerprint density at radius 3 is 1.92 bits per heavy atom. The Kier molecular flexibility index (Phi) is 9.40. The quantitative estimate of drug-likeness (QED) is 0.308. The fraction of sp³-hybridized carbons (Fsp3) is 0.154. The highest BCUT2D eigenvalue weighted by atomic mass is 16.6. The van der Waals surface area contributed by atoms with Crippen LogP contribution in [-0.2, 0) is 9.47 Å². The van der Waals surface area contributed by atoms with E-state index in [9.17, 15) is 14.4 Å². The third-order valence-electron chi connectivity index (χ3n) is 4.46. The molecule has 3 rings (SSSR count). The summed E-state index contributed by atoms with van der Waals surface area (Å²) in [6.07, 6.45) is -1.65. The first-order valence-corrected chi connectivity index (χ1v) is 11.2. The average molecular weight is 491 g/mol. The number of para-hydroxylation sites is 1. The fourth-order valence-electron chi connectivity index (χ4n) is 2.92. The third kappa shape index (κ3) is 7.87. The number of benzene rings is 3. The number of nitrogens with one attached hydrogen (secondary N) is 3. The van der Waals surface area contributed by atoms with E-state index in [1.165, 1.54) is 0 Å². The van der Waals surface area contributed by atoms with Gasteiger partial charge in [0.05, 0.1) is 24.6 Å². The second kappa shape index (κ2) is 13.1. The van der Waals surface area contributed by atoms with E-state index in [1.54, 1.807) is 74.5 Å². The molecule has 0 unspecified atom stereocenters. The van der Waals surface area contributed by atoms with E-state index >= 15 is 0 Å². The van der Waals surface area contributed by atoms with Crippen molar-refractivity contribution < 1.29 is 28.6 Å². The Morgan fingerprint density at radius 2 is 1.33 bits per heavy atom. The number of hydrogen-bond donors (Lipinski definition) is 3. The first-order valence-electron chi connectivity index (χ1n) is 11.2. The Morgan fingerprint density at radius 1 is 0.750 bits per heavy atom. The van der Waals surface area contributed by atoms with Crippen molar-refractivity contribution in [1.29, 1.82) is 0 Å². The maximum atomic E-state index is 12.9. The van der Waals surface area contributed by atoms with Gasteiger partial charge in [-0.25, -0.2) is 14.6 Å². The number of anilines is 1. The molecule has 0 aliphatic heterocycles. The molecule has 3 N–H and O–H groups in total. The molecular weight excluding hydrogens is 464 g/mol. The number of carbonyl (C=O) groups excluding carboxylic acids is 3. The van der Waals surface area contributed by atoms with Gasteiger partial charge in [0.25, 0.3) is 5.91 Å². The molecule has 0 heterocycles. The second-order valence-electron chi connectivity index (χ2n) is 7.07. The molecule has 186 valence electrons. The monoisotopic (exact) mass is 490 g/mol.